The second kappa shape index (κ2) is 17.1. The monoisotopic (exact) mass is 796 g/mol. The molecule has 0 amide bonds. The maximum absolute atomic E-state index is 14.3. The highest BCUT2D eigenvalue weighted by atomic mass is 16.7. The standard InChI is InChI=1S/C45H64O12/c1-9-24(2)39-27(5)17-18-44(57-39)22-33-20-32(56-44)16-13-26(4)38(54-36-21-35(50-8)40(29(7)52-36)55-42(47)30-14-15-30)25(3)11-10-12-31-23-51-41-37(46)28(6)19-34(43(48)53-33)45(31,41)49/h10-13,17-19,24-25,27,29-30,32-41,46,49H,9,14-16,20-23H2,1-8H3/b11-10+,26-13+,31-12+/t24-,25-,27-,29?,32+,33-,34-,35?,36?,37+,38-,39+,40?,41+,44?,45+/m0/s1. The summed E-state index contributed by atoms with van der Waals surface area (Å²) in [4.78, 5) is 26.9. The van der Waals surface area contributed by atoms with Crippen LogP contribution < -0.4 is 0 Å². The molecule has 57 heavy (non-hydrogen) atoms. The van der Waals surface area contributed by atoms with Crippen molar-refractivity contribution in [2.75, 3.05) is 13.7 Å². The summed E-state index contributed by atoms with van der Waals surface area (Å²) in [5.74, 6) is -2.76. The van der Waals surface area contributed by atoms with Gasteiger partial charge in [-0.3, -0.25) is 9.59 Å². The van der Waals surface area contributed by atoms with Gasteiger partial charge in [0, 0.05) is 38.2 Å². The lowest BCUT2D eigenvalue weighted by atomic mass is 9.71. The summed E-state index contributed by atoms with van der Waals surface area (Å²) < 4.78 is 51.0. The van der Waals surface area contributed by atoms with Gasteiger partial charge in [0.15, 0.2) is 18.2 Å². The molecule has 0 radical (unpaired) electrons. The second-order valence-corrected chi connectivity index (χ2v) is 17.8. The molecule has 1 spiro atoms. The highest BCUT2D eigenvalue weighted by molar-refractivity contribution is 5.78. The van der Waals surface area contributed by atoms with Gasteiger partial charge in [-0.05, 0) is 68.7 Å². The first kappa shape index (κ1) is 42.4. The number of hydrogen-bond acceptors (Lipinski definition) is 12. The topological polar surface area (TPSA) is 148 Å². The van der Waals surface area contributed by atoms with Gasteiger partial charge < -0.3 is 48.1 Å². The molecule has 2 N–H and O–H groups in total. The quantitative estimate of drug-likeness (QED) is 0.237. The van der Waals surface area contributed by atoms with Crippen LogP contribution in [0.15, 0.2) is 59.3 Å². The van der Waals surface area contributed by atoms with E-state index in [1.807, 2.05) is 32.1 Å². The highest BCUT2D eigenvalue weighted by Gasteiger charge is 2.60. The van der Waals surface area contributed by atoms with Crippen molar-refractivity contribution in [2.45, 2.75) is 166 Å². The fourth-order valence-electron chi connectivity index (χ4n) is 9.58. The molecular formula is C45H64O12. The van der Waals surface area contributed by atoms with Crippen LogP contribution in [0, 0.1) is 29.6 Å². The molecule has 2 aliphatic carbocycles. The number of aliphatic hydroxyl groups is 2. The number of carbonyl (C=O) groups excluding carboxylic acids is 2. The number of ether oxygens (including phenoxy) is 8. The Kier molecular flexibility index (Phi) is 12.8. The van der Waals surface area contributed by atoms with Gasteiger partial charge in [0.1, 0.15) is 35.9 Å². The van der Waals surface area contributed by atoms with Crippen molar-refractivity contribution in [3.05, 3.63) is 59.3 Å². The normalized spacial score (nSPS) is 46.7. The van der Waals surface area contributed by atoms with Crippen LogP contribution in [0.2, 0.25) is 0 Å². The van der Waals surface area contributed by atoms with Crippen molar-refractivity contribution in [3.63, 3.8) is 0 Å². The number of rotatable bonds is 7. The van der Waals surface area contributed by atoms with E-state index in [1.165, 1.54) is 0 Å². The van der Waals surface area contributed by atoms with E-state index in [0.29, 0.717) is 36.8 Å². The van der Waals surface area contributed by atoms with Crippen LogP contribution in [0.3, 0.4) is 0 Å². The fraction of sp³-hybridized carbons (Fsp3) is 0.733. The Bertz CT molecular complexity index is 1650. The summed E-state index contributed by atoms with van der Waals surface area (Å²) in [7, 11) is 1.62. The van der Waals surface area contributed by atoms with E-state index in [9.17, 15) is 19.8 Å². The van der Waals surface area contributed by atoms with Crippen LogP contribution >= 0.6 is 0 Å². The van der Waals surface area contributed by atoms with Gasteiger partial charge >= 0.3 is 11.9 Å². The van der Waals surface area contributed by atoms with Gasteiger partial charge in [-0.1, -0.05) is 70.6 Å². The van der Waals surface area contributed by atoms with E-state index in [2.05, 4.69) is 39.8 Å². The molecule has 1 saturated carbocycles. The molecule has 7 rings (SSSR count). The van der Waals surface area contributed by atoms with E-state index < -0.39 is 72.3 Å². The molecule has 5 aliphatic heterocycles. The van der Waals surface area contributed by atoms with Crippen LogP contribution in [0.1, 0.15) is 93.4 Å². The zero-order valence-electron chi connectivity index (χ0n) is 34.8. The highest BCUT2D eigenvalue weighted by Crippen LogP contribution is 2.47. The van der Waals surface area contributed by atoms with Gasteiger partial charge in [0.2, 0.25) is 0 Å². The zero-order valence-corrected chi connectivity index (χ0v) is 34.8. The van der Waals surface area contributed by atoms with Gasteiger partial charge in [0.25, 0.3) is 0 Å². The molecule has 5 heterocycles. The lowest BCUT2D eigenvalue weighted by molar-refractivity contribution is -0.300. The van der Waals surface area contributed by atoms with Crippen LogP contribution in [-0.2, 0) is 47.5 Å². The van der Waals surface area contributed by atoms with Crippen molar-refractivity contribution in [2.24, 2.45) is 29.6 Å². The first-order valence-corrected chi connectivity index (χ1v) is 21.2. The predicted molar refractivity (Wildman–Crippen MR) is 209 cm³/mol. The van der Waals surface area contributed by atoms with Crippen LogP contribution in [0.25, 0.3) is 0 Å². The maximum atomic E-state index is 14.3. The third-order valence-electron chi connectivity index (χ3n) is 13.4. The molecule has 5 unspecified atom stereocenters. The minimum Gasteiger partial charge on any atom is -0.462 e. The Labute approximate surface area is 337 Å². The van der Waals surface area contributed by atoms with E-state index >= 15 is 0 Å². The van der Waals surface area contributed by atoms with E-state index in [-0.39, 0.29) is 48.5 Å². The largest absolute Gasteiger partial charge is 0.462 e. The van der Waals surface area contributed by atoms with Gasteiger partial charge in [0.05, 0.1) is 36.9 Å². The smallest absolute Gasteiger partial charge is 0.316 e. The Balaban J connectivity index is 1.22. The number of aliphatic hydroxyl groups excluding tert-OH is 1. The molecule has 4 fully saturated rings. The number of hydrogen-bond donors (Lipinski definition) is 2. The lowest BCUT2D eigenvalue weighted by Crippen LogP contribution is -2.58. The van der Waals surface area contributed by atoms with Crippen LogP contribution in [-0.4, -0.2) is 108 Å². The Morgan fingerprint density at radius 1 is 1.05 bits per heavy atom. The van der Waals surface area contributed by atoms with E-state index in [4.69, 9.17) is 37.9 Å². The summed E-state index contributed by atoms with van der Waals surface area (Å²) in [5, 5.41) is 23.6. The Hall–Kier alpha value is -2.68. The average molecular weight is 797 g/mol. The fourth-order valence-corrected chi connectivity index (χ4v) is 9.58. The summed E-state index contributed by atoms with van der Waals surface area (Å²) in [5.41, 5.74) is 0.149. The lowest BCUT2D eigenvalue weighted by Gasteiger charge is -2.48. The molecule has 12 nitrogen and oxygen atoms in total. The second-order valence-electron chi connectivity index (χ2n) is 17.8. The molecule has 3 saturated heterocycles. The number of methoxy groups -OCH3 is 1. The molecule has 12 heteroatoms. The van der Waals surface area contributed by atoms with E-state index in [0.717, 1.165) is 24.8 Å². The SMILES string of the molecule is CC[C@H](C)[C@H]1OC2(C=C[C@@H]1C)C[C@@H]1C[C@@H](C/C=C(\C)[C@@H](OC3CC(OC)C(OC(=O)C4CC4)C(C)O3)[C@@H](C)/C=C/C=C3\CO[C@@H]4[C@H](O)C(C)=C[C@@H](C(=O)O1)[C@]34O)O2. The Morgan fingerprint density at radius 2 is 1.82 bits per heavy atom. The molecule has 316 valence electrons. The molecule has 16 atom stereocenters. The molecule has 0 aromatic carbocycles. The van der Waals surface area contributed by atoms with Crippen LogP contribution in [0.5, 0.6) is 0 Å². The third kappa shape index (κ3) is 8.66. The molecule has 2 bridgehead atoms. The average Bonchev–Trinajstić information content (AvgIpc) is 3.98. The Morgan fingerprint density at radius 3 is 2.54 bits per heavy atom. The summed E-state index contributed by atoms with van der Waals surface area (Å²) in [6.45, 7) is 14.2. The zero-order chi connectivity index (χ0) is 40.8. The summed E-state index contributed by atoms with van der Waals surface area (Å²) in [6.07, 6.45) is 12.1. The molecule has 7 aliphatic rings. The van der Waals surface area contributed by atoms with Crippen molar-refractivity contribution < 1.29 is 57.7 Å². The van der Waals surface area contributed by atoms with Gasteiger partial charge in [-0.2, -0.15) is 0 Å². The number of esters is 2. The molecular weight excluding hydrogens is 732 g/mol. The van der Waals surface area contributed by atoms with Crippen molar-refractivity contribution in [1.29, 1.82) is 0 Å². The van der Waals surface area contributed by atoms with E-state index in [1.54, 1.807) is 26.2 Å². The minimum atomic E-state index is -1.83. The van der Waals surface area contributed by atoms with Crippen molar-refractivity contribution in [1.82, 2.24) is 0 Å². The number of allylic oxidation sites excluding steroid dienone is 2. The minimum absolute atomic E-state index is 0.0366. The van der Waals surface area contributed by atoms with Gasteiger partial charge in [-0.25, -0.2) is 0 Å². The first-order chi connectivity index (χ1) is 27.2. The van der Waals surface area contributed by atoms with Crippen LogP contribution in [0.4, 0.5) is 0 Å². The van der Waals surface area contributed by atoms with Crippen molar-refractivity contribution in [3.8, 4) is 0 Å². The predicted octanol–water partition coefficient (Wildman–Crippen LogP) is 5.80. The third-order valence-corrected chi connectivity index (χ3v) is 13.4. The summed E-state index contributed by atoms with van der Waals surface area (Å²) >= 11 is 0. The maximum Gasteiger partial charge on any atom is 0.316 e. The number of fused-ring (bicyclic) bond motifs is 2. The molecule has 0 aromatic heterocycles. The summed E-state index contributed by atoms with van der Waals surface area (Å²) in [6, 6.07) is 0. The van der Waals surface area contributed by atoms with Crippen molar-refractivity contribution >= 4 is 11.9 Å². The molecule has 0 aromatic rings. The first-order valence-electron chi connectivity index (χ1n) is 21.2. The van der Waals surface area contributed by atoms with Gasteiger partial charge in [-0.15, -0.1) is 0 Å². The number of carbonyl (C=O) groups is 2.